The molecule has 3 N–H and O–H groups in total. The maximum absolute atomic E-state index is 11.8. The minimum Gasteiger partial charge on any atom is -0.478 e. The zero-order valence-electron chi connectivity index (χ0n) is 13.1. The molecule has 0 saturated heterocycles. The van der Waals surface area contributed by atoms with Crippen molar-refractivity contribution < 1.29 is 29.3 Å². The summed E-state index contributed by atoms with van der Waals surface area (Å²) in [5.74, 6) is -2.55. The van der Waals surface area contributed by atoms with Gasteiger partial charge in [0.1, 0.15) is 5.60 Å². The second-order valence-corrected chi connectivity index (χ2v) is 5.85. The molecule has 0 unspecified atom stereocenters. The van der Waals surface area contributed by atoms with Crippen molar-refractivity contribution in [3.63, 3.8) is 0 Å². The minimum absolute atomic E-state index is 0.00162. The van der Waals surface area contributed by atoms with Crippen LogP contribution in [-0.4, -0.2) is 33.8 Å². The van der Waals surface area contributed by atoms with Crippen molar-refractivity contribution in [2.24, 2.45) is 0 Å². The van der Waals surface area contributed by atoms with Crippen LogP contribution >= 0.6 is 0 Å². The third kappa shape index (κ3) is 3.97. The molecular formula is C15H19NO6. The van der Waals surface area contributed by atoms with Crippen LogP contribution in [0.2, 0.25) is 0 Å². The molecule has 1 aromatic carbocycles. The summed E-state index contributed by atoms with van der Waals surface area (Å²) in [6.07, 6.45) is -0.808. The van der Waals surface area contributed by atoms with Gasteiger partial charge >= 0.3 is 18.0 Å². The van der Waals surface area contributed by atoms with Crippen molar-refractivity contribution in [3.05, 3.63) is 28.3 Å². The van der Waals surface area contributed by atoms with Crippen molar-refractivity contribution in [2.75, 3.05) is 5.32 Å². The van der Waals surface area contributed by atoms with Gasteiger partial charge in [-0.3, -0.25) is 5.32 Å². The number of aromatic carboxylic acids is 2. The molecule has 22 heavy (non-hydrogen) atoms. The van der Waals surface area contributed by atoms with Gasteiger partial charge in [-0.1, -0.05) is 0 Å². The number of carbonyl (C=O) groups is 3. The summed E-state index contributed by atoms with van der Waals surface area (Å²) in [5, 5.41) is 20.8. The van der Waals surface area contributed by atoms with Crippen LogP contribution in [0, 0.1) is 13.8 Å². The van der Waals surface area contributed by atoms with E-state index >= 15 is 0 Å². The molecule has 1 amide bonds. The number of carboxylic acids is 2. The van der Waals surface area contributed by atoms with Gasteiger partial charge in [-0.25, -0.2) is 14.4 Å². The van der Waals surface area contributed by atoms with Gasteiger partial charge in [0, 0.05) is 0 Å². The molecule has 0 saturated carbocycles. The molecule has 0 heterocycles. The molecular weight excluding hydrogens is 290 g/mol. The summed E-state index contributed by atoms with van der Waals surface area (Å²) in [6, 6.07) is 1.31. The Hall–Kier alpha value is -2.57. The molecule has 1 aromatic rings. The number of nitrogens with one attached hydrogen (secondary N) is 1. The minimum atomic E-state index is -1.33. The highest BCUT2D eigenvalue weighted by Gasteiger charge is 2.24. The van der Waals surface area contributed by atoms with Crippen LogP contribution in [-0.2, 0) is 4.74 Å². The Morgan fingerprint density at radius 2 is 1.55 bits per heavy atom. The molecule has 0 radical (unpaired) electrons. The summed E-state index contributed by atoms with van der Waals surface area (Å²) in [6.45, 7) is 7.95. The molecule has 0 spiro atoms. The lowest BCUT2D eigenvalue weighted by Gasteiger charge is -2.21. The number of benzene rings is 1. The third-order valence-electron chi connectivity index (χ3n) is 2.84. The summed E-state index contributed by atoms with van der Waals surface area (Å²) in [4.78, 5) is 34.4. The first-order valence-electron chi connectivity index (χ1n) is 6.55. The number of amides is 1. The van der Waals surface area contributed by atoms with Crippen LogP contribution in [0.1, 0.15) is 52.6 Å². The zero-order valence-corrected chi connectivity index (χ0v) is 13.1. The first-order valence-corrected chi connectivity index (χ1v) is 6.55. The molecule has 0 aliphatic heterocycles. The summed E-state index contributed by atoms with van der Waals surface area (Å²) < 4.78 is 5.07. The van der Waals surface area contributed by atoms with Crippen molar-refractivity contribution >= 4 is 23.7 Å². The Morgan fingerprint density at radius 3 is 1.95 bits per heavy atom. The fraction of sp³-hybridized carbons (Fsp3) is 0.400. The van der Waals surface area contributed by atoms with E-state index in [9.17, 15) is 24.6 Å². The van der Waals surface area contributed by atoms with Gasteiger partial charge in [0.05, 0.1) is 16.8 Å². The van der Waals surface area contributed by atoms with Crippen molar-refractivity contribution in [2.45, 2.75) is 40.2 Å². The number of ether oxygens (including phenoxy) is 1. The molecule has 0 bridgehead atoms. The SMILES string of the molecule is Cc1cc(NC(=O)OC(C)(C)C)c(C(=O)O)c(C)c1C(=O)O. The van der Waals surface area contributed by atoms with Crippen LogP contribution in [0.4, 0.5) is 10.5 Å². The van der Waals surface area contributed by atoms with Gasteiger partial charge in [-0.15, -0.1) is 0 Å². The monoisotopic (exact) mass is 309 g/mol. The van der Waals surface area contributed by atoms with E-state index in [0.717, 1.165) is 0 Å². The molecule has 1 rings (SSSR count). The number of hydrogen-bond acceptors (Lipinski definition) is 4. The molecule has 0 aliphatic rings. The summed E-state index contributed by atoms with van der Waals surface area (Å²) in [7, 11) is 0. The third-order valence-corrected chi connectivity index (χ3v) is 2.84. The van der Waals surface area contributed by atoms with Gasteiger partial charge in [0.15, 0.2) is 0 Å². The van der Waals surface area contributed by atoms with E-state index in [2.05, 4.69) is 5.32 Å². The predicted molar refractivity (Wildman–Crippen MR) is 79.7 cm³/mol. The van der Waals surface area contributed by atoms with E-state index in [4.69, 9.17) is 4.74 Å². The first-order chi connectivity index (χ1) is 9.94. The van der Waals surface area contributed by atoms with Gasteiger partial charge in [-0.05, 0) is 51.8 Å². The normalized spacial score (nSPS) is 11.0. The highest BCUT2D eigenvalue weighted by Crippen LogP contribution is 2.27. The smallest absolute Gasteiger partial charge is 0.412 e. The molecule has 7 nitrogen and oxygen atoms in total. The number of aryl methyl sites for hydroxylation is 1. The topological polar surface area (TPSA) is 113 Å². The number of rotatable bonds is 3. The van der Waals surface area contributed by atoms with Crippen molar-refractivity contribution in [1.29, 1.82) is 0 Å². The van der Waals surface area contributed by atoms with E-state index in [1.165, 1.54) is 19.9 Å². The highest BCUT2D eigenvalue weighted by atomic mass is 16.6. The second kappa shape index (κ2) is 6.05. The Morgan fingerprint density at radius 1 is 1.05 bits per heavy atom. The highest BCUT2D eigenvalue weighted by molar-refractivity contribution is 6.04. The van der Waals surface area contributed by atoms with Crippen molar-refractivity contribution in [1.82, 2.24) is 0 Å². The van der Waals surface area contributed by atoms with Gasteiger partial charge in [0.2, 0.25) is 0 Å². The Bertz CT molecular complexity index is 642. The molecule has 0 aliphatic carbocycles. The van der Waals surface area contributed by atoms with E-state index in [0.29, 0.717) is 5.56 Å². The number of hydrogen-bond donors (Lipinski definition) is 3. The second-order valence-electron chi connectivity index (χ2n) is 5.85. The molecule has 0 fully saturated rings. The quantitative estimate of drug-likeness (QED) is 0.791. The Labute approximate surface area is 127 Å². The average molecular weight is 309 g/mol. The van der Waals surface area contributed by atoms with Crippen LogP contribution in [0.5, 0.6) is 0 Å². The maximum atomic E-state index is 11.8. The van der Waals surface area contributed by atoms with Crippen LogP contribution in [0.15, 0.2) is 6.07 Å². The van der Waals surface area contributed by atoms with Crippen LogP contribution in [0.25, 0.3) is 0 Å². The standard InChI is InChI=1S/C15H19NO6/c1-7-6-9(16-14(21)22-15(3,4)5)11(13(19)20)8(2)10(7)12(17)18/h6H,1-5H3,(H,16,21)(H,17,18)(H,19,20). The fourth-order valence-electron chi connectivity index (χ4n) is 2.10. The number of carboxylic acid groups (broad SMARTS) is 2. The molecule has 120 valence electrons. The number of anilines is 1. The van der Waals surface area contributed by atoms with Crippen LogP contribution < -0.4 is 5.32 Å². The lowest BCUT2D eigenvalue weighted by Crippen LogP contribution is -2.28. The lowest BCUT2D eigenvalue weighted by atomic mass is 9.95. The largest absolute Gasteiger partial charge is 0.478 e. The molecule has 0 atom stereocenters. The van der Waals surface area contributed by atoms with Crippen molar-refractivity contribution in [3.8, 4) is 0 Å². The van der Waals surface area contributed by atoms with E-state index < -0.39 is 23.6 Å². The molecule has 0 aromatic heterocycles. The van der Waals surface area contributed by atoms with Gasteiger partial charge in [-0.2, -0.15) is 0 Å². The zero-order chi connectivity index (χ0) is 17.2. The number of carbonyl (C=O) groups excluding carboxylic acids is 1. The average Bonchev–Trinajstić information content (AvgIpc) is 2.23. The van der Waals surface area contributed by atoms with Crippen LogP contribution in [0.3, 0.4) is 0 Å². The van der Waals surface area contributed by atoms with Gasteiger partial charge in [0.25, 0.3) is 0 Å². The Kier molecular flexibility index (Phi) is 4.80. The first kappa shape index (κ1) is 17.5. The Balaban J connectivity index is 3.34. The van der Waals surface area contributed by atoms with E-state index in [1.54, 1.807) is 20.8 Å². The lowest BCUT2D eigenvalue weighted by molar-refractivity contribution is 0.0634. The molecule has 7 heteroatoms. The van der Waals surface area contributed by atoms with E-state index in [-0.39, 0.29) is 22.4 Å². The fourth-order valence-corrected chi connectivity index (χ4v) is 2.10. The predicted octanol–water partition coefficient (Wildman–Crippen LogP) is 3.05. The summed E-state index contributed by atoms with van der Waals surface area (Å²) in [5.41, 5.74) is -0.673. The summed E-state index contributed by atoms with van der Waals surface area (Å²) >= 11 is 0. The van der Waals surface area contributed by atoms with E-state index in [1.807, 2.05) is 0 Å². The maximum Gasteiger partial charge on any atom is 0.412 e. The van der Waals surface area contributed by atoms with Gasteiger partial charge < -0.3 is 14.9 Å².